The van der Waals surface area contributed by atoms with E-state index in [0.717, 1.165) is 12.2 Å². The second-order valence-electron chi connectivity index (χ2n) is 5.01. The number of allylic oxidation sites excluding steroid dienone is 3. The molecule has 1 rings (SSSR count). The molecule has 0 aromatic carbocycles. The lowest BCUT2D eigenvalue weighted by atomic mass is 10.2. The fraction of sp³-hybridized carbons (Fsp3) is 0.636. The van der Waals surface area contributed by atoms with Crippen molar-refractivity contribution in [3.63, 3.8) is 0 Å². The van der Waals surface area contributed by atoms with Gasteiger partial charge in [0.15, 0.2) is 0 Å². The van der Waals surface area contributed by atoms with Gasteiger partial charge in [0.25, 0.3) is 0 Å². The van der Waals surface area contributed by atoms with Gasteiger partial charge in [0, 0.05) is 6.08 Å². The minimum Gasteiger partial charge on any atom is -0.543 e. The summed E-state index contributed by atoms with van der Waals surface area (Å²) in [5.74, 6) is 0.951. The number of hydrogen-bond donors (Lipinski definition) is 0. The van der Waals surface area contributed by atoms with Crippen molar-refractivity contribution < 1.29 is 4.43 Å². The smallest absolute Gasteiger partial charge is 0.250 e. The van der Waals surface area contributed by atoms with Crippen LogP contribution in [0.2, 0.25) is 18.1 Å². The van der Waals surface area contributed by atoms with E-state index >= 15 is 0 Å². The largest absolute Gasteiger partial charge is 0.543 e. The summed E-state index contributed by atoms with van der Waals surface area (Å²) in [4.78, 5) is 0. The summed E-state index contributed by atoms with van der Waals surface area (Å²) >= 11 is 0. The van der Waals surface area contributed by atoms with Gasteiger partial charge in [-0.05, 0) is 30.6 Å². The minimum absolute atomic E-state index is 0.276. The third-order valence-corrected chi connectivity index (χ3v) is 7.18. The van der Waals surface area contributed by atoms with E-state index in [1.807, 2.05) is 6.08 Å². The topological polar surface area (TPSA) is 9.23 Å². The molecule has 1 nitrogen and oxygen atoms in total. The maximum absolute atomic E-state index is 6.02. The minimum atomic E-state index is -1.62. The Kier molecular flexibility index (Phi) is 2.71. The molecule has 0 fully saturated rings. The number of hydrogen-bond acceptors (Lipinski definition) is 1. The molecule has 0 aliphatic heterocycles. The average molecular weight is 195 g/mol. The predicted molar refractivity (Wildman–Crippen MR) is 58.8 cm³/mol. The Labute approximate surface area is 82.6 Å². The third-order valence-electron chi connectivity index (χ3n) is 2.83. The highest BCUT2D eigenvalue weighted by molar-refractivity contribution is 6.74. The molecule has 0 saturated heterocycles. The summed E-state index contributed by atoms with van der Waals surface area (Å²) in [6.45, 7) is 11.3. The van der Waals surface area contributed by atoms with Crippen molar-refractivity contribution in [1.82, 2.24) is 0 Å². The van der Waals surface area contributed by atoms with Crippen LogP contribution in [-0.4, -0.2) is 8.32 Å². The first-order valence-corrected chi connectivity index (χ1v) is 7.70. The van der Waals surface area contributed by atoms with Gasteiger partial charge in [-0.3, -0.25) is 0 Å². The Morgan fingerprint density at radius 2 is 2.00 bits per heavy atom. The molecule has 0 atom stereocenters. The van der Waals surface area contributed by atoms with Gasteiger partial charge in [-0.15, -0.1) is 0 Å². The van der Waals surface area contributed by atoms with Crippen molar-refractivity contribution in [1.29, 1.82) is 0 Å². The first kappa shape index (κ1) is 10.6. The zero-order chi connectivity index (χ0) is 10.1. The molecule has 73 valence electrons. The van der Waals surface area contributed by atoms with E-state index in [9.17, 15) is 0 Å². The maximum Gasteiger partial charge on any atom is 0.250 e. The summed E-state index contributed by atoms with van der Waals surface area (Å²) < 4.78 is 6.02. The Hall–Kier alpha value is -0.503. The Morgan fingerprint density at radius 1 is 1.38 bits per heavy atom. The van der Waals surface area contributed by atoms with Crippen molar-refractivity contribution in [2.75, 3.05) is 0 Å². The Morgan fingerprint density at radius 3 is 2.38 bits per heavy atom. The summed E-state index contributed by atoms with van der Waals surface area (Å²) in [5.41, 5.74) is 0. The first-order valence-electron chi connectivity index (χ1n) is 4.79. The van der Waals surface area contributed by atoms with Crippen molar-refractivity contribution in [3.8, 4) is 0 Å². The van der Waals surface area contributed by atoms with E-state index < -0.39 is 8.32 Å². The average Bonchev–Trinajstić information content (AvgIpc) is 2.35. The van der Waals surface area contributed by atoms with Crippen molar-refractivity contribution >= 4 is 8.32 Å². The Balaban J connectivity index is 2.66. The van der Waals surface area contributed by atoms with Crippen LogP contribution in [-0.2, 0) is 4.43 Å². The van der Waals surface area contributed by atoms with Crippen molar-refractivity contribution in [3.05, 3.63) is 24.0 Å². The van der Waals surface area contributed by atoms with Gasteiger partial charge in [-0.25, -0.2) is 0 Å². The molecule has 1 aliphatic rings. The van der Waals surface area contributed by atoms with E-state index in [0.29, 0.717) is 0 Å². The molecule has 1 aliphatic carbocycles. The second kappa shape index (κ2) is 3.33. The fourth-order valence-corrected chi connectivity index (χ4v) is 1.88. The van der Waals surface area contributed by atoms with E-state index in [4.69, 9.17) is 4.43 Å². The molecule has 0 bridgehead atoms. The maximum atomic E-state index is 6.02. The monoisotopic (exact) mass is 195 g/mol. The zero-order valence-corrected chi connectivity index (χ0v) is 10.3. The van der Waals surface area contributed by atoms with Gasteiger partial charge >= 0.3 is 0 Å². The standard InChI is InChI=1S/C11H19OSi/c1-11(2,3)13(4,5)12-10-8-6-7-9-10/h6,8H,7H2,1-5H3. The van der Waals surface area contributed by atoms with Crippen LogP contribution in [0.15, 0.2) is 17.9 Å². The molecule has 0 N–H and O–H groups in total. The number of rotatable bonds is 2. The van der Waals surface area contributed by atoms with Gasteiger partial charge in [-0.2, -0.15) is 0 Å². The Bertz CT molecular complexity index is 243. The molecule has 0 unspecified atom stereocenters. The normalized spacial score (nSPS) is 17.5. The van der Waals surface area contributed by atoms with Crippen molar-refractivity contribution in [2.45, 2.75) is 45.3 Å². The predicted octanol–water partition coefficient (Wildman–Crippen LogP) is 3.66. The van der Waals surface area contributed by atoms with Gasteiger partial charge in [-0.1, -0.05) is 26.8 Å². The molecule has 13 heavy (non-hydrogen) atoms. The van der Waals surface area contributed by atoms with Crippen LogP contribution in [0.5, 0.6) is 0 Å². The zero-order valence-electron chi connectivity index (χ0n) is 9.27. The molecular weight excluding hydrogens is 176 g/mol. The highest BCUT2D eigenvalue weighted by atomic mass is 28.4. The highest BCUT2D eigenvalue weighted by Crippen LogP contribution is 2.38. The molecule has 0 aromatic rings. The molecule has 1 radical (unpaired) electrons. The second-order valence-corrected chi connectivity index (χ2v) is 9.73. The van der Waals surface area contributed by atoms with Crippen LogP contribution in [0.4, 0.5) is 0 Å². The lowest BCUT2D eigenvalue weighted by Crippen LogP contribution is -2.40. The van der Waals surface area contributed by atoms with Crippen LogP contribution in [0.25, 0.3) is 0 Å². The molecule has 0 spiro atoms. The molecule has 0 heterocycles. The van der Waals surface area contributed by atoms with Gasteiger partial charge in [0.05, 0.1) is 0 Å². The lowest BCUT2D eigenvalue weighted by Gasteiger charge is -2.36. The SMILES string of the molecule is CC(C)(C)[Si](C)(C)OC1=[C]CC=C1. The fourth-order valence-electron chi connectivity index (χ4n) is 0.882. The van der Waals surface area contributed by atoms with E-state index in [2.05, 4.69) is 46.0 Å². The molecule has 0 aromatic heterocycles. The molecule has 0 saturated carbocycles. The van der Waals surface area contributed by atoms with Crippen LogP contribution >= 0.6 is 0 Å². The van der Waals surface area contributed by atoms with Crippen LogP contribution < -0.4 is 0 Å². The van der Waals surface area contributed by atoms with Gasteiger partial charge in [0.1, 0.15) is 5.76 Å². The summed E-state index contributed by atoms with van der Waals surface area (Å²) in [7, 11) is -1.62. The third kappa shape index (κ3) is 2.47. The van der Waals surface area contributed by atoms with Crippen LogP contribution in [0, 0.1) is 6.08 Å². The summed E-state index contributed by atoms with van der Waals surface area (Å²) in [6.07, 6.45) is 8.22. The van der Waals surface area contributed by atoms with Crippen LogP contribution in [0.1, 0.15) is 27.2 Å². The van der Waals surface area contributed by atoms with E-state index in [-0.39, 0.29) is 5.04 Å². The van der Waals surface area contributed by atoms with E-state index in [1.165, 1.54) is 0 Å². The van der Waals surface area contributed by atoms with Crippen molar-refractivity contribution in [2.24, 2.45) is 0 Å². The quantitative estimate of drug-likeness (QED) is 0.611. The molecular formula is C11H19OSi. The summed E-state index contributed by atoms with van der Waals surface area (Å²) in [6, 6.07) is 0. The molecule has 2 heteroatoms. The van der Waals surface area contributed by atoms with Gasteiger partial charge in [0.2, 0.25) is 8.32 Å². The lowest BCUT2D eigenvalue weighted by molar-refractivity contribution is 0.398. The van der Waals surface area contributed by atoms with Crippen LogP contribution in [0.3, 0.4) is 0 Å². The van der Waals surface area contributed by atoms with Gasteiger partial charge < -0.3 is 4.43 Å². The molecule has 0 amide bonds. The first-order chi connectivity index (χ1) is 5.83. The highest BCUT2D eigenvalue weighted by Gasteiger charge is 2.39. The van der Waals surface area contributed by atoms with E-state index in [1.54, 1.807) is 0 Å². The summed E-state index contributed by atoms with van der Waals surface area (Å²) in [5, 5.41) is 0.276.